The standard InChI is InChI=1S/C28H28N4O2/c1-5-18-9-11-20(12-10-18)26-31-32-27(34-26)22-8-6-7-21(17-22)25(30)33-24(29)19-13-15-23(16-14-19)28(2,3)4/h5-17,24,30H,1,29H2,2-4H3. The molecule has 172 valence electrons. The number of ether oxygens (including phenoxy) is 1. The normalized spacial score (nSPS) is 12.2. The molecule has 3 N–H and O–H groups in total. The van der Waals surface area contributed by atoms with Crippen molar-refractivity contribution in [2.24, 2.45) is 5.73 Å². The molecule has 6 nitrogen and oxygen atoms in total. The molecule has 1 unspecified atom stereocenters. The second kappa shape index (κ2) is 9.45. The molecule has 0 bridgehead atoms. The molecule has 1 aromatic heterocycles. The molecule has 0 aliphatic heterocycles. The van der Waals surface area contributed by atoms with E-state index in [0.29, 0.717) is 22.9 Å². The van der Waals surface area contributed by atoms with Crippen molar-refractivity contribution in [2.45, 2.75) is 32.4 Å². The van der Waals surface area contributed by atoms with Crippen LogP contribution in [0, 0.1) is 5.41 Å². The minimum atomic E-state index is -0.751. The fourth-order valence-corrected chi connectivity index (χ4v) is 3.45. The number of hydrogen-bond donors (Lipinski definition) is 2. The van der Waals surface area contributed by atoms with Crippen LogP contribution in [0.3, 0.4) is 0 Å². The van der Waals surface area contributed by atoms with Gasteiger partial charge in [0.25, 0.3) is 0 Å². The van der Waals surface area contributed by atoms with Crippen LogP contribution in [0.2, 0.25) is 0 Å². The lowest BCUT2D eigenvalue weighted by atomic mass is 9.86. The summed E-state index contributed by atoms with van der Waals surface area (Å²) in [6.07, 6.45) is 1.02. The first-order valence-electron chi connectivity index (χ1n) is 11.0. The number of nitrogens with one attached hydrogen (secondary N) is 1. The van der Waals surface area contributed by atoms with Gasteiger partial charge in [0, 0.05) is 22.3 Å². The maximum Gasteiger partial charge on any atom is 0.248 e. The van der Waals surface area contributed by atoms with Crippen LogP contribution in [-0.4, -0.2) is 16.1 Å². The lowest BCUT2D eigenvalue weighted by Gasteiger charge is -2.21. The van der Waals surface area contributed by atoms with Crippen molar-refractivity contribution in [1.82, 2.24) is 10.2 Å². The number of rotatable bonds is 6. The zero-order valence-electron chi connectivity index (χ0n) is 19.6. The summed E-state index contributed by atoms with van der Waals surface area (Å²) in [5.41, 5.74) is 11.4. The molecule has 4 rings (SSSR count). The van der Waals surface area contributed by atoms with Crippen LogP contribution in [0.4, 0.5) is 0 Å². The highest BCUT2D eigenvalue weighted by Crippen LogP contribution is 2.26. The van der Waals surface area contributed by atoms with Crippen molar-refractivity contribution < 1.29 is 9.15 Å². The van der Waals surface area contributed by atoms with E-state index < -0.39 is 6.23 Å². The van der Waals surface area contributed by atoms with E-state index in [-0.39, 0.29) is 11.3 Å². The maximum atomic E-state index is 8.41. The summed E-state index contributed by atoms with van der Waals surface area (Å²) in [5, 5.41) is 16.7. The third-order valence-electron chi connectivity index (χ3n) is 5.54. The molecular formula is C28H28N4O2. The molecule has 0 saturated carbocycles. The van der Waals surface area contributed by atoms with E-state index in [1.807, 2.05) is 60.7 Å². The molecule has 1 atom stereocenters. The summed E-state index contributed by atoms with van der Waals surface area (Å²) in [6, 6.07) is 22.9. The molecule has 0 aliphatic carbocycles. The molecule has 0 amide bonds. The highest BCUT2D eigenvalue weighted by atomic mass is 16.5. The third kappa shape index (κ3) is 5.13. The average Bonchev–Trinajstić information content (AvgIpc) is 3.34. The van der Waals surface area contributed by atoms with Gasteiger partial charge in [-0.15, -0.1) is 10.2 Å². The van der Waals surface area contributed by atoms with Crippen molar-refractivity contribution >= 4 is 12.0 Å². The van der Waals surface area contributed by atoms with E-state index in [4.69, 9.17) is 20.3 Å². The Hall–Kier alpha value is -4.03. The quantitative estimate of drug-likeness (QED) is 0.202. The molecule has 3 aromatic carbocycles. The predicted molar refractivity (Wildman–Crippen MR) is 135 cm³/mol. The first-order valence-corrected chi connectivity index (χ1v) is 11.0. The Morgan fingerprint density at radius 2 is 1.62 bits per heavy atom. The number of hydrogen-bond acceptors (Lipinski definition) is 6. The highest BCUT2D eigenvalue weighted by molar-refractivity contribution is 5.92. The summed E-state index contributed by atoms with van der Waals surface area (Å²) in [6.45, 7) is 10.2. The Morgan fingerprint density at radius 3 is 2.24 bits per heavy atom. The topological polar surface area (TPSA) is 98.0 Å². The van der Waals surface area contributed by atoms with Gasteiger partial charge in [0.2, 0.25) is 17.7 Å². The van der Waals surface area contributed by atoms with Gasteiger partial charge >= 0.3 is 0 Å². The third-order valence-corrected chi connectivity index (χ3v) is 5.54. The zero-order chi connectivity index (χ0) is 24.3. The fourth-order valence-electron chi connectivity index (χ4n) is 3.45. The molecule has 4 aromatic rings. The van der Waals surface area contributed by atoms with E-state index in [1.54, 1.807) is 18.2 Å². The van der Waals surface area contributed by atoms with Crippen LogP contribution in [0.5, 0.6) is 0 Å². The Labute approximate surface area is 199 Å². The molecule has 0 fully saturated rings. The van der Waals surface area contributed by atoms with Crippen LogP contribution in [0.1, 0.15) is 49.3 Å². The molecular weight excluding hydrogens is 424 g/mol. The van der Waals surface area contributed by atoms with Crippen LogP contribution in [-0.2, 0) is 10.2 Å². The van der Waals surface area contributed by atoms with Gasteiger partial charge < -0.3 is 9.15 Å². The number of aromatic nitrogens is 2. The highest BCUT2D eigenvalue weighted by Gasteiger charge is 2.17. The number of benzene rings is 3. The van der Waals surface area contributed by atoms with Gasteiger partial charge in [0.05, 0.1) is 0 Å². The molecule has 6 heteroatoms. The van der Waals surface area contributed by atoms with Gasteiger partial charge in [-0.2, -0.15) is 0 Å². The first kappa shape index (κ1) is 23.1. The Morgan fingerprint density at radius 1 is 0.971 bits per heavy atom. The largest absolute Gasteiger partial charge is 0.454 e. The fraction of sp³-hybridized carbons (Fsp3) is 0.179. The van der Waals surface area contributed by atoms with Gasteiger partial charge in [-0.3, -0.25) is 11.1 Å². The summed E-state index contributed by atoms with van der Waals surface area (Å²) >= 11 is 0. The zero-order valence-corrected chi connectivity index (χ0v) is 19.6. The summed E-state index contributed by atoms with van der Waals surface area (Å²) in [5.74, 6) is 0.747. The van der Waals surface area contributed by atoms with Crippen LogP contribution < -0.4 is 5.73 Å². The van der Waals surface area contributed by atoms with E-state index in [0.717, 1.165) is 16.7 Å². The average molecular weight is 453 g/mol. The Kier molecular flexibility index (Phi) is 6.43. The number of nitrogens with two attached hydrogens (primary N) is 1. The second-order valence-electron chi connectivity index (χ2n) is 9.06. The molecule has 1 heterocycles. The van der Waals surface area contributed by atoms with Crippen molar-refractivity contribution in [2.75, 3.05) is 0 Å². The van der Waals surface area contributed by atoms with E-state index in [2.05, 4.69) is 37.5 Å². The van der Waals surface area contributed by atoms with E-state index in [1.165, 1.54) is 5.56 Å². The van der Waals surface area contributed by atoms with Crippen LogP contribution in [0.15, 0.2) is 83.8 Å². The van der Waals surface area contributed by atoms with Gasteiger partial charge in [-0.1, -0.05) is 75.9 Å². The maximum absolute atomic E-state index is 8.41. The van der Waals surface area contributed by atoms with Crippen molar-refractivity contribution in [3.63, 3.8) is 0 Å². The van der Waals surface area contributed by atoms with Crippen LogP contribution in [0.25, 0.3) is 29.0 Å². The van der Waals surface area contributed by atoms with Gasteiger partial charge in [-0.25, -0.2) is 0 Å². The second-order valence-corrected chi connectivity index (χ2v) is 9.06. The molecule has 0 spiro atoms. The van der Waals surface area contributed by atoms with Crippen molar-refractivity contribution in [3.05, 3.63) is 102 Å². The first-order chi connectivity index (χ1) is 16.2. The monoisotopic (exact) mass is 452 g/mol. The van der Waals surface area contributed by atoms with Gasteiger partial charge in [-0.05, 0) is 46.9 Å². The summed E-state index contributed by atoms with van der Waals surface area (Å²) in [7, 11) is 0. The molecule has 0 aliphatic rings. The molecule has 0 radical (unpaired) electrons. The summed E-state index contributed by atoms with van der Waals surface area (Å²) in [4.78, 5) is 0. The molecule has 34 heavy (non-hydrogen) atoms. The smallest absolute Gasteiger partial charge is 0.248 e. The van der Waals surface area contributed by atoms with Gasteiger partial charge in [0.1, 0.15) is 0 Å². The predicted octanol–water partition coefficient (Wildman–Crippen LogP) is 6.34. The SMILES string of the molecule is C=Cc1ccc(-c2nnc(-c3cccc(C(=N)OC(N)c4ccc(C(C)(C)C)cc4)c3)o2)cc1. The minimum absolute atomic E-state index is 0.0333. The van der Waals surface area contributed by atoms with Crippen molar-refractivity contribution in [1.29, 1.82) is 5.41 Å². The van der Waals surface area contributed by atoms with Gasteiger partial charge in [0.15, 0.2) is 6.23 Å². The number of nitrogens with zero attached hydrogens (tertiary/aromatic N) is 2. The van der Waals surface area contributed by atoms with Crippen LogP contribution >= 0.6 is 0 Å². The van der Waals surface area contributed by atoms with E-state index in [9.17, 15) is 0 Å². The molecule has 0 saturated heterocycles. The Balaban J connectivity index is 1.48. The minimum Gasteiger partial charge on any atom is -0.454 e. The van der Waals surface area contributed by atoms with E-state index >= 15 is 0 Å². The Bertz CT molecular complexity index is 1300. The van der Waals surface area contributed by atoms with Crippen molar-refractivity contribution in [3.8, 4) is 22.9 Å². The summed E-state index contributed by atoms with van der Waals surface area (Å²) < 4.78 is 11.6. The lowest BCUT2D eigenvalue weighted by Crippen LogP contribution is -2.19. The lowest BCUT2D eigenvalue weighted by molar-refractivity contribution is 0.199.